The Balaban J connectivity index is 1.76. The van der Waals surface area contributed by atoms with Gasteiger partial charge in [0.2, 0.25) is 0 Å². The van der Waals surface area contributed by atoms with Crippen molar-refractivity contribution in [2.75, 3.05) is 0 Å². The van der Waals surface area contributed by atoms with Gasteiger partial charge in [-0.25, -0.2) is 0 Å². The number of phenolic OH excluding ortho intramolecular Hbond substituents is 3. The van der Waals surface area contributed by atoms with Crippen molar-refractivity contribution in [2.45, 2.75) is 38.0 Å². The number of hydrogen-bond acceptors (Lipinski definition) is 5. The summed E-state index contributed by atoms with van der Waals surface area (Å²) in [6.07, 6.45) is 6.27. The number of aromatic hydroxyl groups is 3. The molecule has 0 unspecified atom stereocenters. The van der Waals surface area contributed by atoms with Crippen molar-refractivity contribution in [3.8, 4) is 22.9 Å². The molecule has 0 amide bonds. The Morgan fingerprint density at radius 1 is 0.875 bits per heavy atom. The van der Waals surface area contributed by atoms with Gasteiger partial charge in [-0.2, -0.15) is 0 Å². The molecule has 1 aliphatic carbocycles. The van der Waals surface area contributed by atoms with E-state index in [-0.39, 0.29) is 17.2 Å². The molecule has 0 aliphatic heterocycles. The number of nitrogens with zero attached hydrogens (tertiary/aromatic N) is 3. The molecule has 4 rings (SSSR count). The average Bonchev–Trinajstić information content (AvgIpc) is 3.01. The normalized spacial score (nSPS) is 15.8. The smallest absolute Gasteiger partial charge is 0.185 e. The number of rotatable bonds is 2. The maximum atomic E-state index is 10.00. The molecule has 1 aromatic heterocycles. The van der Waals surface area contributed by atoms with E-state index in [1.165, 1.54) is 48.5 Å². The van der Waals surface area contributed by atoms with E-state index in [0.717, 1.165) is 11.6 Å². The molecule has 124 valence electrons. The monoisotopic (exact) mass is 325 g/mol. The fourth-order valence-electron chi connectivity index (χ4n) is 3.47. The van der Waals surface area contributed by atoms with Crippen LogP contribution in [0.4, 0.5) is 0 Å². The number of phenols is 3. The summed E-state index contributed by atoms with van der Waals surface area (Å²) < 4.78 is 0. The Kier molecular flexibility index (Phi) is 3.52. The number of fused-ring (bicyclic) bond motifs is 1. The molecule has 6 nitrogen and oxygen atoms in total. The summed E-state index contributed by atoms with van der Waals surface area (Å²) >= 11 is 0. The SMILES string of the molecule is Oc1cc(O)c(O)c(-n2nc3ccc(C4CCCCC4)cc3n2)c1. The molecule has 0 bridgehead atoms. The van der Waals surface area contributed by atoms with Gasteiger partial charge in [0.25, 0.3) is 0 Å². The van der Waals surface area contributed by atoms with Gasteiger partial charge in [-0.05, 0) is 36.5 Å². The maximum absolute atomic E-state index is 10.00. The average molecular weight is 325 g/mol. The second-order valence-electron chi connectivity index (χ2n) is 6.41. The van der Waals surface area contributed by atoms with E-state index in [9.17, 15) is 15.3 Å². The molecule has 1 saturated carbocycles. The van der Waals surface area contributed by atoms with E-state index in [4.69, 9.17) is 0 Å². The summed E-state index contributed by atoms with van der Waals surface area (Å²) in [6.45, 7) is 0. The highest BCUT2D eigenvalue weighted by Gasteiger charge is 2.18. The van der Waals surface area contributed by atoms with E-state index in [1.54, 1.807) is 0 Å². The topological polar surface area (TPSA) is 91.4 Å². The summed E-state index contributed by atoms with van der Waals surface area (Å²) in [4.78, 5) is 1.24. The first-order valence-electron chi connectivity index (χ1n) is 8.24. The quantitative estimate of drug-likeness (QED) is 0.495. The predicted octanol–water partition coefficient (Wildman–Crippen LogP) is 3.59. The Morgan fingerprint density at radius 3 is 2.42 bits per heavy atom. The van der Waals surface area contributed by atoms with Crippen molar-refractivity contribution in [3.05, 3.63) is 35.9 Å². The number of hydrogen-bond donors (Lipinski definition) is 3. The van der Waals surface area contributed by atoms with E-state index >= 15 is 0 Å². The molecule has 0 atom stereocenters. The zero-order valence-corrected chi connectivity index (χ0v) is 13.2. The fraction of sp³-hybridized carbons (Fsp3) is 0.333. The highest BCUT2D eigenvalue weighted by atomic mass is 16.3. The lowest BCUT2D eigenvalue weighted by Crippen LogP contribution is -2.04. The third kappa shape index (κ3) is 2.54. The second-order valence-corrected chi connectivity index (χ2v) is 6.41. The highest BCUT2D eigenvalue weighted by molar-refractivity contribution is 5.75. The maximum Gasteiger partial charge on any atom is 0.185 e. The van der Waals surface area contributed by atoms with Crippen LogP contribution in [-0.2, 0) is 0 Å². The van der Waals surface area contributed by atoms with Crippen LogP contribution in [0.15, 0.2) is 30.3 Å². The van der Waals surface area contributed by atoms with E-state index in [2.05, 4.69) is 22.3 Å². The lowest BCUT2D eigenvalue weighted by atomic mass is 9.84. The molecule has 0 radical (unpaired) electrons. The summed E-state index contributed by atoms with van der Waals surface area (Å²) in [5.74, 6) is -0.356. The van der Waals surface area contributed by atoms with Gasteiger partial charge in [0.15, 0.2) is 11.5 Å². The Morgan fingerprint density at radius 2 is 1.62 bits per heavy atom. The van der Waals surface area contributed by atoms with Crippen LogP contribution in [0.2, 0.25) is 0 Å². The summed E-state index contributed by atoms with van der Waals surface area (Å²) in [7, 11) is 0. The van der Waals surface area contributed by atoms with E-state index < -0.39 is 5.75 Å². The molecule has 3 aromatic rings. The van der Waals surface area contributed by atoms with Gasteiger partial charge in [0.1, 0.15) is 22.5 Å². The Hall–Kier alpha value is -2.76. The second kappa shape index (κ2) is 5.70. The van der Waals surface area contributed by atoms with Gasteiger partial charge in [-0.1, -0.05) is 25.3 Å². The molecule has 2 aromatic carbocycles. The van der Waals surface area contributed by atoms with Crippen molar-refractivity contribution in [1.29, 1.82) is 0 Å². The first-order valence-corrected chi connectivity index (χ1v) is 8.24. The van der Waals surface area contributed by atoms with Crippen LogP contribution in [0.3, 0.4) is 0 Å². The number of benzene rings is 2. The lowest BCUT2D eigenvalue weighted by molar-refractivity contribution is 0.392. The minimum absolute atomic E-state index is 0.142. The fourth-order valence-corrected chi connectivity index (χ4v) is 3.47. The lowest BCUT2D eigenvalue weighted by Gasteiger charge is -2.21. The van der Waals surface area contributed by atoms with Crippen molar-refractivity contribution >= 4 is 11.0 Å². The van der Waals surface area contributed by atoms with Crippen LogP contribution >= 0.6 is 0 Å². The van der Waals surface area contributed by atoms with Gasteiger partial charge in [0, 0.05) is 12.1 Å². The van der Waals surface area contributed by atoms with Crippen LogP contribution in [0, 0.1) is 0 Å². The van der Waals surface area contributed by atoms with Crippen molar-refractivity contribution in [1.82, 2.24) is 15.0 Å². The molecule has 1 aliphatic rings. The third-order valence-electron chi connectivity index (χ3n) is 4.75. The summed E-state index contributed by atoms with van der Waals surface area (Å²) in [6, 6.07) is 8.47. The molecule has 0 spiro atoms. The molecule has 0 saturated heterocycles. The van der Waals surface area contributed by atoms with Gasteiger partial charge >= 0.3 is 0 Å². The standard InChI is InChI=1S/C18H19N3O3/c22-13-9-16(18(24)17(23)10-13)21-19-14-7-6-12(8-15(14)20-21)11-4-2-1-3-5-11/h6-11,22-24H,1-5H2. The zero-order valence-electron chi connectivity index (χ0n) is 13.2. The van der Waals surface area contributed by atoms with Crippen LogP contribution in [0.25, 0.3) is 16.7 Å². The summed E-state index contributed by atoms with van der Waals surface area (Å²) in [5.41, 5.74) is 2.86. The largest absolute Gasteiger partial charge is 0.508 e. The molecule has 24 heavy (non-hydrogen) atoms. The van der Waals surface area contributed by atoms with Gasteiger partial charge < -0.3 is 15.3 Å². The first-order chi connectivity index (χ1) is 11.6. The van der Waals surface area contributed by atoms with Crippen LogP contribution < -0.4 is 0 Å². The van der Waals surface area contributed by atoms with E-state index in [1.807, 2.05) is 6.07 Å². The van der Waals surface area contributed by atoms with Crippen LogP contribution in [0.1, 0.15) is 43.6 Å². The van der Waals surface area contributed by atoms with Crippen molar-refractivity contribution in [2.24, 2.45) is 0 Å². The highest BCUT2D eigenvalue weighted by Crippen LogP contribution is 2.36. The molecule has 3 N–H and O–H groups in total. The zero-order chi connectivity index (χ0) is 16.7. The Labute approximate surface area is 139 Å². The minimum atomic E-state index is -0.408. The van der Waals surface area contributed by atoms with Crippen LogP contribution in [0.5, 0.6) is 17.2 Å². The van der Waals surface area contributed by atoms with Crippen molar-refractivity contribution in [3.63, 3.8) is 0 Å². The van der Waals surface area contributed by atoms with Gasteiger partial charge in [-0.15, -0.1) is 15.0 Å². The third-order valence-corrected chi connectivity index (χ3v) is 4.75. The van der Waals surface area contributed by atoms with Gasteiger partial charge in [0.05, 0.1) is 0 Å². The predicted molar refractivity (Wildman–Crippen MR) is 89.7 cm³/mol. The van der Waals surface area contributed by atoms with E-state index in [0.29, 0.717) is 11.4 Å². The molecule has 6 heteroatoms. The van der Waals surface area contributed by atoms with Crippen LogP contribution in [-0.4, -0.2) is 30.3 Å². The minimum Gasteiger partial charge on any atom is -0.508 e. The molecular weight excluding hydrogens is 306 g/mol. The molecule has 1 heterocycles. The molecular formula is C18H19N3O3. The Bertz CT molecular complexity index is 898. The molecule has 1 fully saturated rings. The number of aromatic nitrogens is 3. The van der Waals surface area contributed by atoms with Gasteiger partial charge in [-0.3, -0.25) is 0 Å². The summed E-state index contributed by atoms with van der Waals surface area (Å²) in [5, 5.41) is 38.0. The van der Waals surface area contributed by atoms with Crippen molar-refractivity contribution < 1.29 is 15.3 Å². The first kappa shape index (κ1) is 14.8.